The van der Waals surface area contributed by atoms with Gasteiger partial charge in [-0.25, -0.2) is 4.98 Å². The summed E-state index contributed by atoms with van der Waals surface area (Å²) in [4.78, 5) is 24.3. The molecule has 0 aliphatic rings. The van der Waals surface area contributed by atoms with E-state index in [2.05, 4.69) is 10.1 Å². The van der Waals surface area contributed by atoms with Gasteiger partial charge in [-0.2, -0.15) is 4.98 Å². The van der Waals surface area contributed by atoms with Crippen molar-refractivity contribution in [2.75, 3.05) is 7.11 Å². The molecule has 0 unspecified atom stereocenters. The van der Waals surface area contributed by atoms with Gasteiger partial charge in [-0.3, -0.25) is 9.36 Å². The SMILES string of the molecule is COc1cccc(-c2noc(CSc3nc4sc(C)c(C)c4c(=O)n3C(C)C)n2)c1. The minimum Gasteiger partial charge on any atom is -0.497 e. The Hall–Kier alpha value is -2.65. The molecule has 0 spiro atoms. The van der Waals surface area contributed by atoms with Gasteiger partial charge < -0.3 is 9.26 Å². The lowest BCUT2D eigenvalue weighted by Gasteiger charge is -2.14. The lowest BCUT2D eigenvalue weighted by molar-refractivity contribution is 0.391. The van der Waals surface area contributed by atoms with E-state index in [1.807, 2.05) is 52.0 Å². The van der Waals surface area contributed by atoms with E-state index < -0.39 is 0 Å². The van der Waals surface area contributed by atoms with Crippen LogP contribution in [0.1, 0.15) is 36.2 Å². The van der Waals surface area contributed by atoms with Crippen molar-refractivity contribution >= 4 is 33.3 Å². The molecular weight excluding hydrogens is 420 g/mol. The van der Waals surface area contributed by atoms with Crippen molar-refractivity contribution < 1.29 is 9.26 Å². The van der Waals surface area contributed by atoms with Crippen molar-refractivity contribution in [1.29, 1.82) is 0 Å². The molecule has 0 aliphatic heterocycles. The Morgan fingerprint density at radius 2 is 2.07 bits per heavy atom. The highest BCUT2D eigenvalue weighted by molar-refractivity contribution is 7.98. The molecule has 0 bridgehead atoms. The predicted molar refractivity (Wildman–Crippen MR) is 120 cm³/mol. The molecule has 1 aromatic carbocycles. The Labute approximate surface area is 182 Å². The van der Waals surface area contributed by atoms with Gasteiger partial charge in [-0.1, -0.05) is 29.1 Å². The van der Waals surface area contributed by atoms with Crippen molar-refractivity contribution in [1.82, 2.24) is 19.7 Å². The maximum Gasteiger partial charge on any atom is 0.263 e. The van der Waals surface area contributed by atoms with Crippen LogP contribution in [0.4, 0.5) is 0 Å². The number of thioether (sulfide) groups is 1. The first kappa shape index (κ1) is 20.6. The molecule has 0 amide bonds. The van der Waals surface area contributed by atoms with Gasteiger partial charge in [0.05, 0.1) is 18.2 Å². The van der Waals surface area contributed by atoms with Gasteiger partial charge in [-0.05, 0) is 45.4 Å². The second kappa shape index (κ2) is 8.23. The lowest BCUT2D eigenvalue weighted by atomic mass is 10.2. The summed E-state index contributed by atoms with van der Waals surface area (Å²) in [5.41, 5.74) is 1.83. The highest BCUT2D eigenvalue weighted by atomic mass is 32.2. The van der Waals surface area contributed by atoms with Crippen LogP contribution in [0.5, 0.6) is 5.75 Å². The molecule has 7 nitrogen and oxygen atoms in total. The van der Waals surface area contributed by atoms with E-state index in [1.165, 1.54) is 11.8 Å². The molecule has 3 heterocycles. The minimum atomic E-state index is -0.00784. The summed E-state index contributed by atoms with van der Waals surface area (Å²) < 4.78 is 12.4. The fourth-order valence-electron chi connectivity index (χ4n) is 3.16. The van der Waals surface area contributed by atoms with Gasteiger partial charge in [0.1, 0.15) is 10.6 Å². The summed E-state index contributed by atoms with van der Waals surface area (Å²) in [6.45, 7) is 7.97. The fraction of sp³-hybridized carbons (Fsp3) is 0.333. The van der Waals surface area contributed by atoms with Crippen molar-refractivity contribution in [2.45, 2.75) is 44.6 Å². The van der Waals surface area contributed by atoms with E-state index in [9.17, 15) is 4.79 Å². The normalized spacial score (nSPS) is 11.5. The average Bonchev–Trinajstić information content (AvgIpc) is 3.31. The number of aryl methyl sites for hydroxylation is 2. The standard InChI is InChI=1S/C21H22N4O3S2/c1-11(2)25-20(26)17-12(3)13(4)30-19(17)23-21(25)29-10-16-22-18(24-28-16)14-7-6-8-15(9-14)27-5/h6-9,11H,10H2,1-5H3. The highest BCUT2D eigenvalue weighted by Gasteiger charge is 2.19. The summed E-state index contributed by atoms with van der Waals surface area (Å²) in [5.74, 6) is 2.12. The summed E-state index contributed by atoms with van der Waals surface area (Å²) in [6, 6.07) is 7.49. The largest absolute Gasteiger partial charge is 0.497 e. The first-order chi connectivity index (χ1) is 14.4. The number of aromatic nitrogens is 4. The van der Waals surface area contributed by atoms with Crippen molar-refractivity contribution in [3.8, 4) is 17.1 Å². The Balaban J connectivity index is 1.63. The number of methoxy groups -OCH3 is 1. The van der Waals surface area contributed by atoms with Crippen LogP contribution in [-0.4, -0.2) is 26.8 Å². The summed E-state index contributed by atoms with van der Waals surface area (Å²) >= 11 is 2.98. The molecule has 0 atom stereocenters. The van der Waals surface area contributed by atoms with Crippen molar-refractivity contribution in [2.24, 2.45) is 0 Å². The van der Waals surface area contributed by atoms with Crippen molar-refractivity contribution in [3.63, 3.8) is 0 Å². The molecule has 156 valence electrons. The topological polar surface area (TPSA) is 83.0 Å². The van der Waals surface area contributed by atoms with Gasteiger partial charge in [-0.15, -0.1) is 11.3 Å². The van der Waals surface area contributed by atoms with Crippen LogP contribution < -0.4 is 10.3 Å². The van der Waals surface area contributed by atoms with Gasteiger partial charge >= 0.3 is 0 Å². The first-order valence-electron chi connectivity index (χ1n) is 9.51. The Bertz CT molecular complexity index is 1270. The van der Waals surface area contributed by atoms with Crippen LogP contribution >= 0.6 is 23.1 Å². The molecule has 0 fully saturated rings. The van der Waals surface area contributed by atoms with Crippen LogP contribution in [0, 0.1) is 13.8 Å². The van der Waals surface area contributed by atoms with E-state index in [0.29, 0.717) is 28.0 Å². The number of ether oxygens (including phenoxy) is 1. The molecular formula is C21H22N4O3S2. The molecule has 0 aliphatic carbocycles. The predicted octanol–water partition coefficient (Wildman–Crippen LogP) is 5.01. The third-order valence-corrected chi connectivity index (χ3v) is 6.88. The van der Waals surface area contributed by atoms with Gasteiger partial charge in [0.15, 0.2) is 5.16 Å². The summed E-state index contributed by atoms with van der Waals surface area (Å²) in [5, 5.41) is 5.45. The van der Waals surface area contributed by atoms with Crippen LogP contribution in [0.15, 0.2) is 38.7 Å². The molecule has 0 N–H and O–H groups in total. The number of hydrogen-bond donors (Lipinski definition) is 0. The monoisotopic (exact) mass is 442 g/mol. The Morgan fingerprint density at radius 1 is 1.27 bits per heavy atom. The van der Waals surface area contributed by atoms with Gasteiger partial charge in [0.2, 0.25) is 11.7 Å². The maximum absolute atomic E-state index is 13.1. The molecule has 4 rings (SSSR count). The third-order valence-electron chi connectivity index (χ3n) is 4.84. The molecule has 30 heavy (non-hydrogen) atoms. The minimum absolute atomic E-state index is 0.00180. The number of thiophene rings is 1. The molecule has 9 heteroatoms. The van der Waals surface area contributed by atoms with E-state index in [1.54, 1.807) is 23.0 Å². The molecule has 3 aromatic heterocycles. The first-order valence-corrected chi connectivity index (χ1v) is 11.3. The number of benzene rings is 1. The van der Waals surface area contributed by atoms with E-state index in [0.717, 1.165) is 26.6 Å². The second-order valence-electron chi connectivity index (χ2n) is 7.16. The van der Waals surface area contributed by atoms with Crippen molar-refractivity contribution in [3.05, 3.63) is 51.0 Å². The summed E-state index contributed by atoms with van der Waals surface area (Å²) in [6.07, 6.45) is 0. The van der Waals surface area contributed by atoms with E-state index >= 15 is 0 Å². The van der Waals surface area contributed by atoms with Crippen LogP contribution in [0.2, 0.25) is 0 Å². The van der Waals surface area contributed by atoms with E-state index in [-0.39, 0.29) is 11.6 Å². The molecule has 4 aromatic rings. The Morgan fingerprint density at radius 3 is 2.80 bits per heavy atom. The number of hydrogen-bond acceptors (Lipinski definition) is 8. The molecule has 0 saturated heterocycles. The summed E-state index contributed by atoms with van der Waals surface area (Å²) in [7, 11) is 1.62. The number of nitrogens with zero attached hydrogens (tertiary/aromatic N) is 4. The van der Waals surface area contributed by atoms with Gasteiger partial charge in [0.25, 0.3) is 5.56 Å². The Kier molecular flexibility index (Phi) is 5.66. The third kappa shape index (κ3) is 3.75. The second-order valence-corrected chi connectivity index (χ2v) is 9.30. The lowest BCUT2D eigenvalue weighted by Crippen LogP contribution is -2.24. The van der Waals surface area contributed by atoms with E-state index in [4.69, 9.17) is 14.2 Å². The molecule has 0 radical (unpaired) electrons. The highest BCUT2D eigenvalue weighted by Crippen LogP contribution is 2.31. The smallest absolute Gasteiger partial charge is 0.263 e. The zero-order chi connectivity index (χ0) is 21.4. The zero-order valence-corrected chi connectivity index (χ0v) is 19.1. The van der Waals surface area contributed by atoms with Crippen LogP contribution in [-0.2, 0) is 5.75 Å². The number of fused-ring (bicyclic) bond motifs is 1. The number of rotatable bonds is 6. The fourth-order valence-corrected chi connectivity index (χ4v) is 5.20. The maximum atomic E-state index is 13.1. The zero-order valence-electron chi connectivity index (χ0n) is 17.4. The van der Waals surface area contributed by atoms with Crippen LogP contribution in [0.3, 0.4) is 0 Å². The molecule has 0 saturated carbocycles. The average molecular weight is 443 g/mol. The van der Waals surface area contributed by atoms with Crippen LogP contribution in [0.25, 0.3) is 21.6 Å². The van der Waals surface area contributed by atoms with Gasteiger partial charge in [0, 0.05) is 16.5 Å². The quantitative estimate of drug-likeness (QED) is 0.307.